The lowest BCUT2D eigenvalue weighted by atomic mass is 10.0. The molecule has 0 bridgehead atoms. The van der Waals surface area contributed by atoms with Crippen LogP contribution in [0.1, 0.15) is 18.4 Å². The SMILES string of the molecule is O=C(O)C1CCCN(S(=O)(=O)c2c(Cl)cccc2C(F)(F)F)C1. The van der Waals surface area contributed by atoms with Gasteiger partial charge in [0, 0.05) is 13.1 Å². The van der Waals surface area contributed by atoms with Crippen LogP contribution in [0.4, 0.5) is 13.2 Å². The minimum absolute atomic E-state index is 0.0470. The van der Waals surface area contributed by atoms with Crippen LogP contribution in [-0.4, -0.2) is 36.9 Å². The molecule has 0 saturated carbocycles. The molecule has 1 aliphatic rings. The quantitative estimate of drug-likeness (QED) is 0.886. The number of alkyl halides is 3. The number of sulfonamides is 1. The molecule has 1 unspecified atom stereocenters. The van der Waals surface area contributed by atoms with Gasteiger partial charge in [0.15, 0.2) is 0 Å². The number of piperidine rings is 1. The van der Waals surface area contributed by atoms with Crippen molar-refractivity contribution < 1.29 is 31.5 Å². The number of rotatable bonds is 3. The maximum Gasteiger partial charge on any atom is 0.417 e. The zero-order valence-corrected chi connectivity index (χ0v) is 13.2. The Morgan fingerprint density at radius 1 is 1.35 bits per heavy atom. The molecule has 10 heteroatoms. The molecule has 1 aromatic rings. The molecule has 23 heavy (non-hydrogen) atoms. The maximum absolute atomic E-state index is 13.1. The van der Waals surface area contributed by atoms with E-state index in [1.54, 1.807) is 0 Å². The fourth-order valence-corrected chi connectivity index (χ4v) is 4.73. The number of carboxylic acid groups (broad SMARTS) is 1. The summed E-state index contributed by atoms with van der Waals surface area (Å²) in [6, 6.07) is 2.71. The topological polar surface area (TPSA) is 74.7 Å². The number of hydrogen-bond donors (Lipinski definition) is 1. The van der Waals surface area contributed by atoms with Crippen LogP contribution in [0.25, 0.3) is 0 Å². The Balaban J connectivity index is 2.50. The summed E-state index contributed by atoms with van der Waals surface area (Å²) in [4.78, 5) is 10.0. The Morgan fingerprint density at radius 2 is 2.00 bits per heavy atom. The zero-order chi connectivity index (χ0) is 17.4. The normalized spacial score (nSPS) is 20.4. The highest BCUT2D eigenvalue weighted by atomic mass is 35.5. The maximum atomic E-state index is 13.1. The van der Waals surface area contributed by atoms with Crippen molar-refractivity contribution in [2.75, 3.05) is 13.1 Å². The third-order valence-corrected chi connectivity index (χ3v) is 6.00. The first-order chi connectivity index (χ1) is 10.5. The predicted octanol–water partition coefficient (Wildman–Crippen LogP) is 2.84. The zero-order valence-electron chi connectivity index (χ0n) is 11.7. The highest BCUT2D eigenvalue weighted by molar-refractivity contribution is 7.89. The third-order valence-electron chi connectivity index (χ3n) is 3.60. The van der Waals surface area contributed by atoms with Gasteiger partial charge in [-0.05, 0) is 25.0 Å². The van der Waals surface area contributed by atoms with Crippen LogP contribution in [0.5, 0.6) is 0 Å². The van der Waals surface area contributed by atoms with Gasteiger partial charge < -0.3 is 5.11 Å². The van der Waals surface area contributed by atoms with Crippen molar-refractivity contribution in [3.05, 3.63) is 28.8 Å². The molecule has 0 spiro atoms. The molecule has 0 aliphatic carbocycles. The molecule has 1 aliphatic heterocycles. The van der Waals surface area contributed by atoms with Crippen LogP contribution in [0.2, 0.25) is 5.02 Å². The highest BCUT2D eigenvalue weighted by Crippen LogP contribution is 2.39. The number of nitrogens with zero attached hydrogens (tertiary/aromatic N) is 1. The van der Waals surface area contributed by atoms with E-state index in [-0.39, 0.29) is 25.9 Å². The lowest BCUT2D eigenvalue weighted by Crippen LogP contribution is -2.42. The number of halogens is 4. The third kappa shape index (κ3) is 3.61. The first-order valence-corrected chi connectivity index (χ1v) is 8.45. The van der Waals surface area contributed by atoms with Crippen LogP contribution >= 0.6 is 11.6 Å². The van der Waals surface area contributed by atoms with Crippen molar-refractivity contribution in [2.24, 2.45) is 5.92 Å². The van der Waals surface area contributed by atoms with Gasteiger partial charge in [0.25, 0.3) is 0 Å². The monoisotopic (exact) mass is 371 g/mol. The molecule has 0 aromatic heterocycles. The Kier molecular flexibility index (Phi) is 4.93. The largest absolute Gasteiger partial charge is 0.481 e. The predicted molar refractivity (Wildman–Crippen MR) is 75.6 cm³/mol. The van der Waals surface area contributed by atoms with Crippen molar-refractivity contribution in [1.82, 2.24) is 4.31 Å². The average Bonchev–Trinajstić information content (AvgIpc) is 2.46. The van der Waals surface area contributed by atoms with Crippen molar-refractivity contribution in [3.8, 4) is 0 Å². The molecule has 1 fully saturated rings. The Hall–Kier alpha value is -1.32. The molecule has 1 N–H and O–H groups in total. The summed E-state index contributed by atoms with van der Waals surface area (Å²) in [5, 5.41) is 8.46. The summed E-state index contributed by atoms with van der Waals surface area (Å²) in [5.41, 5.74) is -1.36. The minimum Gasteiger partial charge on any atom is -0.481 e. The molecular formula is C13H13ClF3NO4S. The molecule has 1 aromatic carbocycles. The second kappa shape index (κ2) is 6.29. The van der Waals surface area contributed by atoms with E-state index in [0.717, 1.165) is 16.4 Å². The molecule has 0 radical (unpaired) electrons. The van der Waals surface area contributed by atoms with Gasteiger partial charge >= 0.3 is 12.1 Å². The van der Waals surface area contributed by atoms with E-state index in [4.69, 9.17) is 16.7 Å². The Labute approximate surface area is 135 Å². The first kappa shape index (κ1) is 18.0. The van der Waals surface area contributed by atoms with Gasteiger partial charge in [-0.3, -0.25) is 4.79 Å². The van der Waals surface area contributed by atoms with E-state index in [2.05, 4.69) is 0 Å². The van der Waals surface area contributed by atoms with Crippen LogP contribution in [-0.2, 0) is 21.0 Å². The van der Waals surface area contributed by atoms with Gasteiger partial charge in [-0.2, -0.15) is 17.5 Å². The van der Waals surface area contributed by atoms with Gasteiger partial charge in [0.1, 0.15) is 4.90 Å². The second-order valence-electron chi connectivity index (χ2n) is 5.15. The molecule has 1 saturated heterocycles. The minimum atomic E-state index is -4.89. The van der Waals surface area contributed by atoms with Crippen molar-refractivity contribution in [2.45, 2.75) is 23.9 Å². The van der Waals surface area contributed by atoms with E-state index in [9.17, 15) is 26.4 Å². The molecule has 128 valence electrons. The smallest absolute Gasteiger partial charge is 0.417 e. The molecule has 2 rings (SSSR count). The Bertz CT molecular complexity index is 720. The van der Waals surface area contributed by atoms with Gasteiger partial charge in [-0.25, -0.2) is 8.42 Å². The van der Waals surface area contributed by atoms with Gasteiger partial charge in [-0.1, -0.05) is 17.7 Å². The summed E-state index contributed by atoms with van der Waals surface area (Å²) in [6.45, 7) is -0.422. The van der Waals surface area contributed by atoms with Crippen molar-refractivity contribution in [3.63, 3.8) is 0 Å². The fraction of sp³-hybridized carbons (Fsp3) is 0.462. The van der Waals surface area contributed by atoms with E-state index < -0.39 is 43.6 Å². The lowest BCUT2D eigenvalue weighted by molar-refractivity contribution is -0.143. The number of carboxylic acids is 1. The Morgan fingerprint density at radius 3 is 2.57 bits per heavy atom. The number of hydrogen-bond acceptors (Lipinski definition) is 3. The van der Waals surface area contributed by atoms with Gasteiger partial charge in [0.2, 0.25) is 10.0 Å². The summed E-state index contributed by atoms with van der Waals surface area (Å²) >= 11 is 5.72. The average molecular weight is 372 g/mol. The number of carbonyl (C=O) groups is 1. The van der Waals surface area contributed by atoms with Gasteiger partial charge in [0.05, 0.1) is 16.5 Å². The summed E-state index contributed by atoms with van der Waals surface area (Å²) < 4.78 is 65.2. The van der Waals surface area contributed by atoms with Crippen LogP contribution in [0, 0.1) is 5.92 Å². The standard InChI is InChI=1S/C13H13ClF3NO4S/c14-10-5-1-4-9(13(15,16)17)11(10)23(21,22)18-6-2-3-8(7-18)12(19)20/h1,4-5,8H,2-3,6-7H2,(H,19,20). The molecule has 1 atom stereocenters. The molecule has 1 heterocycles. The van der Waals surface area contributed by atoms with Gasteiger partial charge in [-0.15, -0.1) is 0 Å². The molecule has 5 nitrogen and oxygen atoms in total. The van der Waals surface area contributed by atoms with E-state index in [0.29, 0.717) is 6.07 Å². The summed E-state index contributed by atoms with van der Waals surface area (Å²) in [6.07, 6.45) is -4.37. The number of aliphatic carboxylic acids is 1. The summed E-state index contributed by atoms with van der Waals surface area (Å²) in [7, 11) is -4.55. The van der Waals surface area contributed by atoms with Crippen LogP contribution in [0.3, 0.4) is 0 Å². The van der Waals surface area contributed by atoms with Crippen LogP contribution < -0.4 is 0 Å². The summed E-state index contributed by atoms with van der Waals surface area (Å²) in [5.74, 6) is -2.13. The first-order valence-electron chi connectivity index (χ1n) is 6.64. The fourth-order valence-electron chi connectivity index (χ4n) is 2.49. The van der Waals surface area contributed by atoms with Crippen molar-refractivity contribution in [1.29, 1.82) is 0 Å². The van der Waals surface area contributed by atoms with E-state index in [1.165, 1.54) is 0 Å². The number of benzene rings is 1. The second-order valence-corrected chi connectivity index (χ2v) is 7.44. The van der Waals surface area contributed by atoms with Crippen LogP contribution in [0.15, 0.2) is 23.1 Å². The molecule has 0 amide bonds. The van der Waals surface area contributed by atoms with E-state index >= 15 is 0 Å². The highest BCUT2D eigenvalue weighted by Gasteiger charge is 2.42. The lowest BCUT2D eigenvalue weighted by Gasteiger charge is -2.30. The van der Waals surface area contributed by atoms with Crippen molar-refractivity contribution >= 4 is 27.6 Å². The van der Waals surface area contributed by atoms with E-state index in [1.807, 2.05) is 0 Å². The molecular weight excluding hydrogens is 359 g/mol.